The molecule has 0 radical (unpaired) electrons. The Bertz CT molecular complexity index is 2260. The van der Waals surface area contributed by atoms with Crippen molar-refractivity contribution in [2.24, 2.45) is 0 Å². The summed E-state index contributed by atoms with van der Waals surface area (Å²) in [5.41, 5.74) is 5.91. The molecule has 0 aliphatic carbocycles. The molecular weight excluding hydrogens is 712 g/mol. The number of amides is 1. The van der Waals surface area contributed by atoms with Crippen LogP contribution in [0.5, 0.6) is 5.75 Å². The number of nitrogen functional groups attached to an aromatic ring is 1. The number of rotatable bonds is 9. The number of hydrogen-bond acceptors (Lipinski definition) is 11. The molecule has 20 heteroatoms. The number of sulfone groups is 1. The van der Waals surface area contributed by atoms with Crippen LogP contribution in [-0.2, 0) is 45.9 Å². The quantitative estimate of drug-likeness (QED) is 0.0819. The smallest absolute Gasteiger partial charge is 0.296 e. The van der Waals surface area contributed by atoms with E-state index in [0.29, 0.717) is 22.7 Å². The Morgan fingerprint density at radius 3 is 2.00 bits per heavy atom. The van der Waals surface area contributed by atoms with Crippen molar-refractivity contribution >= 4 is 79.8 Å². The summed E-state index contributed by atoms with van der Waals surface area (Å²) < 4.78 is 116. The predicted molar refractivity (Wildman–Crippen MR) is 169 cm³/mol. The molecule has 0 unspecified atom stereocenters. The number of anilines is 2. The second-order valence-corrected chi connectivity index (χ2v) is 16.2. The van der Waals surface area contributed by atoms with Gasteiger partial charge in [0.05, 0.1) is 27.0 Å². The molecule has 0 heterocycles. The van der Waals surface area contributed by atoms with Gasteiger partial charge in [-0.15, -0.1) is 11.6 Å². The molecule has 1 amide bonds. The SMILES string of the molecule is Nc1ccc(S(=O)(=O)O)cc1S(=O)(=O)O.O=C(Nc1ccc2cc(S(=O)(=O)O)cc(O)c2c1)c1cccc(CS(=O)(=O)CCCl)c1. The van der Waals surface area contributed by atoms with Gasteiger partial charge in [0.15, 0.2) is 9.84 Å². The maximum absolute atomic E-state index is 12.6. The van der Waals surface area contributed by atoms with Gasteiger partial charge >= 0.3 is 0 Å². The molecule has 0 saturated carbocycles. The van der Waals surface area contributed by atoms with Gasteiger partial charge in [-0.05, 0) is 59.5 Å². The van der Waals surface area contributed by atoms with Crippen LogP contribution in [0, 0.1) is 0 Å². The fourth-order valence-corrected chi connectivity index (χ4v) is 7.42. The summed E-state index contributed by atoms with van der Waals surface area (Å²) in [4.78, 5) is 10.7. The molecule has 4 aromatic rings. The van der Waals surface area contributed by atoms with E-state index < -0.39 is 60.8 Å². The molecule has 0 saturated heterocycles. The third-order valence-electron chi connectivity index (χ3n) is 5.99. The zero-order chi connectivity index (χ0) is 34.7. The molecule has 0 fully saturated rings. The molecule has 248 valence electrons. The molecule has 4 aromatic carbocycles. The van der Waals surface area contributed by atoms with E-state index in [1.54, 1.807) is 12.1 Å². The Balaban J connectivity index is 0.000000322. The van der Waals surface area contributed by atoms with Crippen molar-refractivity contribution in [1.29, 1.82) is 0 Å². The minimum absolute atomic E-state index is 0.0109. The summed E-state index contributed by atoms with van der Waals surface area (Å²) in [6.45, 7) is 0. The summed E-state index contributed by atoms with van der Waals surface area (Å²) in [7, 11) is -17.0. The highest BCUT2D eigenvalue weighted by molar-refractivity contribution is 7.90. The highest BCUT2D eigenvalue weighted by Gasteiger charge is 2.19. The van der Waals surface area contributed by atoms with Crippen LogP contribution in [0.1, 0.15) is 15.9 Å². The number of halogens is 1. The zero-order valence-corrected chi connectivity index (χ0v) is 27.1. The summed E-state index contributed by atoms with van der Waals surface area (Å²) in [5.74, 6) is -1.29. The van der Waals surface area contributed by atoms with E-state index in [4.69, 9.17) is 31.0 Å². The average molecular weight is 737 g/mol. The highest BCUT2D eigenvalue weighted by atomic mass is 35.5. The van der Waals surface area contributed by atoms with E-state index in [1.165, 1.54) is 36.4 Å². The van der Waals surface area contributed by atoms with E-state index in [0.717, 1.165) is 18.2 Å². The van der Waals surface area contributed by atoms with E-state index in [2.05, 4.69) is 5.32 Å². The van der Waals surface area contributed by atoms with Crippen molar-refractivity contribution in [1.82, 2.24) is 0 Å². The standard InChI is InChI=1S/C20H18ClNO7S2.C6H7NO6S2/c21-6-7-30(25,26)12-13-2-1-3-15(8-13)20(24)22-16-5-4-14-9-17(31(27,28)29)11-19(23)18(14)10-16;7-5-2-1-4(14(8,9)10)3-6(5)15(11,12)13/h1-5,8-11,23H,6-7,12H2,(H,22,24)(H,27,28,29);1-3H,7H2,(H,8,9,10)(H,11,12,13). The van der Waals surface area contributed by atoms with Gasteiger partial charge in [-0.1, -0.05) is 18.2 Å². The van der Waals surface area contributed by atoms with Crippen LogP contribution in [-0.4, -0.2) is 70.0 Å². The fraction of sp³-hybridized carbons (Fsp3) is 0.115. The summed E-state index contributed by atoms with van der Waals surface area (Å²) >= 11 is 5.50. The molecule has 15 nitrogen and oxygen atoms in total. The van der Waals surface area contributed by atoms with Gasteiger partial charge in [-0.2, -0.15) is 25.3 Å². The van der Waals surface area contributed by atoms with Crippen LogP contribution in [0.15, 0.2) is 87.5 Å². The number of nitrogens with two attached hydrogens (primary N) is 1. The molecule has 0 aromatic heterocycles. The normalized spacial score (nSPS) is 12.3. The number of phenolic OH excluding ortho intramolecular Hbond substituents is 1. The average Bonchev–Trinajstić information content (AvgIpc) is 2.92. The molecule has 7 N–H and O–H groups in total. The third kappa shape index (κ3) is 9.84. The van der Waals surface area contributed by atoms with Crippen molar-refractivity contribution in [3.63, 3.8) is 0 Å². The Hall–Kier alpha value is -3.82. The number of nitrogens with one attached hydrogen (secondary N) is 1. The van der Waals surface area contributed by atoms with Gasteiger partial charge in [-0.3, -0.25) is 18.5 Å². The number of carbonyl (C=O) groups is 1. The number of fused-ring (bicyclic) bond motifs is 1. The van der Waals surface area contributed by atoms with Crippen molar-refractivity contribution in [3.05, 3.63) is 83.9 Å². The second-order valence-electron chi connectivity index (χ2n) is 9.44. The van der Waals surface area contributed by atoms with Gasteiger partial charge in [0, 0.05) is 28.6 Å². The Morgan fingerprint density at radius 2 is 1.41 bits per heavy atom. The number of carbonyl (C=O) groups excluding carboxylic acids is 1. The Morgan fingerprint density at radius 1 is 0.761 bits per heavy atom. The van der Waals surface area contributed by atoms with E-state index in [-0.39, 0.29) is 39.8 Å². The summed E-state index contributed by atoms with van der Waals surface area (Å²) in [5, 5.41) is 13.4. The number of hydrogen-bond donors (Lipinski definition) is 6. The lowest BCUT2D eigenvalue weighted by Crippen LogP contribution is -2.14. The Kier molecular flexibility index (Phi) is 11.1. The van der Waals surface area contributed by atoms with Crippen molar-refractivity contribution in [2.75, 3.05) is 22.7 Å². The molecule has 0 aliphatic rings. The third-order valence-corrected chi connectivity index (χ3v) is 10.6. The molecule has 46 heavy (non-hydrogen) atoms. The molecule has 0 atom stereocenters. The molecule has 4 rings (SSSR count). The highest BCUT2D eigenvalue weighted by Crippen LogP contribution is 2.31. The lowest BCUT2D eigenvalue weighted by molar-refractivity contribution is 0.102. The summed E-state index contributed by atoms with van der Waals surface area (Å²) in [6.07, 6.45) is 0. The first kappa shape index (κ1) is 36.6. The topological polar surface area (TPSA) is 273 Å². The van der Waals surface area contributed by atoms with E-state index in [1.807, 2.05) is 0 Å². The van der Waals surface area contributed by atoms with Gasteiger partial charge in [0.25, 0.3) is 36.3 Å². The minimum atomic E-state index is -4.62. The van der Waals surface area contributed by atoms with Crippen LogP contribution in [0.2, 0.25) is 0 Å². The first-order chi connectivity index (χ1) is 21.1. The zero-order valence-electron chi connectivity index (χ0n) is 23.1. The van der Waals surface area contributed by atoms with Crippen LogP contribution in [0.4, 0.5) is 11.4 Å². The maximum atomic E-state index is 12.6. The van der Waals surface area contributed by atoms with Crippen LogP contribution in [0.3, 0.4) is 0 Å². The number of aromatic hydroxyl groups is 1. The lowest BCUT2D eigenvalue weighted by atomic mass is 10.1. The monoisotopic (exact) mass is 736 g/mol. The van der Waals surface area contributed by atoms with E-state index >= 15 is 0 Å². The molecule has 0 spiro atoms. The molecular formula is C26H25ClN2O13S4. The van der Waals surface area contributed by atoms with Crippen molar-refractivity contribution in [2.45, 2.75) is 20.4 Å². The second kappa shape index (κ2) is 13.9. The molecule has 0 bridgehead atoms. The fourth-order valence-electron chi connectivity index (χ4n) is 3.89. The van der Waals surface area contributed by atoms with Crippen LogP contribution >= 0.6 is 11.6 Å². The minimum Gasteiger partial charge on any atom is -0.507 e. The lowest BCUT2D eigenvalue weighted by Gasteiger charge is -2.10. The molecule has 0 aliphatic heterocycles. The first-order valence-corrected chi connectivity index (χ1v) is 19.0. The first-order valence-electron chi connectivity index (χ1n) is 12.4. The van der Waals surface area contributed by atoms with Gasteiger partial charge in [0.1, 0.15) is 10.6 Å². The van der Waals surface area contributed by atoms with Crippen molar-refractivity contribution < 1.29 is 57.2 Å². The largest absolute Gasteiger partial charge is 0.507 e. The summed E-state index contributed by atoms with van der Waals surface area (Å²) in [6, 6.07) is 15.1. The maximum Gasteiger partial charge on any atom is 0.296 e. The van der Waals surface area contributed by atoms with Crippen LogP contribution in [0.25, 0.3) is 10.8 Å². The van der Waals surface area contributed by atoms with Crippen molar-refractivity contribution in [3.8, 4) is 5.75 Å². The Labute approximate surface area is 268 Å². The van der Waals surface area contributed by atoms with Gasteiger partial charge in [0.2, 0.25) is 0 Å². The van der Waals surface area contributed by atoms with Crippen LogP contribution < -0.4 is 11.1 Å². The number of phenols is 1. The van der Waals surface area contributed by atoms with Gasteiger partial charge < -0.3 is 16.2 Å². The van der Waals surface area contributed by atoms with Gasteiger partial charge in [-0.25, -0.2) is 8.42 Å². The van der Waals surface area contributed by atoms with E-state index in [9.17, 15) is 43.6 Å². The predicted octanol–water partition coefficient (Wildman–Crippen LogP) is 2.96. The number of benzene rings is 4. The number of alkyl halides is 1.